The first-order valence-electron chi connectivity index (χ1n) is 5.66. The highest BCUT2D eigenvalue weighted by Crippen LogP contribution is 2.28. The quantitative estimate of drug-likeness (QED) is 0.830. The van der Waals surface area contributed by atoms with Crippen LogP contribution >= 0.6 is 0 Å². The van der Waals surface area contributed by atoms with E-state index >= 15 is 0 Å². The third-order valence-corrected chi connectivity index (χ3v) is 2.67. The van der Waals surface area contributed by atoms with E-state index in [9.17, 15) is 8.78 Å². The fraction of sp³-hybridized carbons (Fsp3) is 0.133. The summed E-state index contributed by atoms with van der Waals surface area (Å²) in [6.45, 7) is -0.996. The van der Waals surface area contributed by atoms with E-state index in [2.05, 4.69) is 4.74 Å². The molecule has 4 heteroatoms. The lowest BCUT2D eigenvalue weighted by Gasteiger charge is -2.09. The van der Waals surface area contributed by atoms with Crippen molar-refractivity contribution in [3.8, 4) is 22.9 Å². The lowest BCUT2D eigenvalue weighted by Crippen LogP contribution is -2.03. The number of alkyl halides is 2. The van der Waals surface area contributed by atoms with E-state index in [4.69, 9.17) is 5.26 Å². The zero-order valence-electron chi connectivity index (χ0n) is 10.2. The molecule has 0 saturated heterocycles. The van der Waals surface area contributed by atoms with Gasteiger partial charge < -0.3 is 4.74 Å². The van der Waals surface area contributed by atoms with Gasteiger partial charge in [0.15, 0.2) is 0 Å². The summed E-state index contributed by atoms with van der Waals surface area (Å²) in [5.41, 5.74) is 2.79. The molecule has 2 nitrogen and oxygen atoms in total. The summed E-state index contributed by atoms with van der Waals surface area (Å²) in [5, 5.41) is 8.86. The Morgan fingerprint density at radius 2 is 1.84 bits per heavy atom. The molecule has 0 aromatic heterocycles. The first-order valence-corrected chi connectivity index (χ1v) is 5.66. The molecule has 19 heavy (non-hydrogen) atoms. The van der Waals surface area contributed by atoms with Crippen LogP contribution in [-0.4, -0.2) is 6.61 Å². The van der Waals surface area contributed by atoms with E-state index in [0.717, 1.165) is 16.7 Å². The summed E-state index contributed by atoms with van der Waals surface area (Å²) in [6.07, 6.45) is 0. The van der Waals surface area contributed by atoms with Gasteiger partial charge in [-0.25, -0.2) is 0 Å². The fourth-order valence-corrected chi connectivity index (χ4v) is 1.81. The van der Waals surface area contributed by atoms with E-state index in [0.29, 0.717) is 0 Å². The maximum absolute atomic E-state index is 12.3. The van der Waals surface area contributed by atoms with Crippen molar-refractivity contribution in [3.05, 3.63) is 53.6 Å². The van der Waals surface area contributed by atoms with Gasteiger partial charge in [0.1, 0.15) is 11.8 Å². The van der Waals surface area contributed by atoms with Crippen LogP contribution in [0, 0.1) is 18.3 Å². The summed E-state index contributed by atoms with van der Waals surface area (Å²) >= 11 is 0. The van der Waals surface area contributed by atoms with Gasteiger partial charge in [0, 0.05) is 0 Å². The van der Waals surface area contributed by atoms with Crippen molar-refractivity contribution in [2.24, 2.45) is 0 Å². The third kappa shape index (κ3) is 3.08. The molecule has 0 amide bonds. The van der Waals surface area contributed by atoms with E-state index in [1.165, 1.54) is 12.1 Å². The van der Waals surface area contributed by atoms with Gasteiger partial charge in [-0.15, -0.1) is 0 Å². The molecule has 0 spiro atoms. The minimum atomic E-state index is -2.94. The van der Waals surface area contributed by atoms with Crippen LogP contribution in [0.15, 0.2) is 42.5 Å². The van der Waals surface area contributed by atoms with Gasteiger partial charge in [-0.05, 0) is 30.2 Å². The predicted molar refractivity (Wildman–Crippen MR) is 68.0 cm³/mol. The molecule has 0 N–H and O–H groups in total. The number of halogens is 2. The summed E-state index contributed by atoms with van der Waals surface area (Å²) in [6, 6.07) is 14.1. The van der Waals surface area contributed by atoms with Crippen molar-refractivity contribution >= 4 is 0 Å². The van der Waals surface area contributed by atoms with Gasteiger partial charge in [0.25, 0.3) is 0 Å². The Balaban J connectivity index is 2.46. The Morgan fingerprint density at radius 3 is 2.47 bits per heavy atom. The highest BCUT2D eigenvalue weighted by molar-refractivity contribution is 5.67. The lowest BCUT2D eigenvalue weighted by molar-refractivity contribution is -0.0500. The topological polar surface area (TPSA) is 33.0 Å². The number of aryl methyl sites for hydroxylation is 1. The van der Waals surface area contributed by atoms with E-state index in [-0.39, 0.29) is 11.3 Å². The molecule has 0 aliphatic carbocycles. The van der Waals surface area contributed by atoms with E-state index in [1.54, 1.807) is 6.07 Å². The van der Waals surface area contributed by atoms with Crippen LogP contribution in [0.25, 0.3) is 11.1 Å². The number of rotatable bonds is 3. The minimum Gasteiger partial charge on any atom is -0.433 e. The second-order valence-corrected chi connectivity index (χ2v) is 4.07. The van der Waals surface area contributed by atoms with Crippen LogP contribution in [-0.2, 0) is 0 Å². The number of hydrogen-bond donors (Lipinski definition) is 0. The van der Waals surface area contributed by atoms with Crippen LogP contribution < -0.4 is 4.74 Å². The maximum atomic E-state index is 12.3. The number of hydrogen-bond acceptors (Lipinski definition) is 2. The molecule has 96 valence electrons. The third-order valence-electron chi connectivity index (χ3n) is 2.67. The fourth-order valence-electron chi connectivity index (χ4n) is 1.81. The smallest absolute Gasteiger partial charge is 0.387 e. The monoisotopic (exact) mass is 259 g/mol. The highest BCUT2D eigenvalue weighted by Gasteiger charge is 2.11. The van der Waals surface area contributed by atoms with Crippen molar-refractivity contribution in [3.63, 3.8) is 0 Å². The average Bonchev–Trinajstić information content (AvgIpc) is 2.38. The second kappa shape index (κ2) is 5.49. The zero-order chi connectivity index (χ0) is 13.8. The summed E-state index contributed by atoms with van der Waals surface area (Å²) in [7, 11) is 0. The van der Waals surface area contributed by atoms with Crippen LogP contribution in [0.5, 0.6) is 5.75 Å². The van der Waals surface area contributed by atoms with Crippen molar-refractivity contribution in [2.75, 3.05) is 0 Å². The Hall–Kier alpha value is -2.41. The molecule has 2 rings (SSSR count). The van der Waals surface area contributed by atoms with Crippen LogP contribution in [0.3, 0.4) is 0 Å². The maximum Gasteiger partial charge on any atom is 0.387 e. The largest absolute Gasteiger partial charge is 0.433 e. The van der Waals surface area contributed by atoms with Gasteiger partial charge in [-0.3, -0.25) is 0 Å². The van der Waals surface area contributed by atoms with Gasteiger partial charge in [0.2, 0.25) is 0 Å². The molecule has 0 bridgehead atoms. The molecule has 2 aromatic rings. The van der Waals surface area contributed by atoms with Crippen LogP contribution in [0.4, 0.5) is 8.78 Å². The number of ether oxygens (including phenoxy) is 1. The van der Waals surface area contributed by atoms with Gasteiger partial charge >= 0.3 is 6.61 Å². The minimum absolute atomic E-state index is 0.0942. The molecule has 0 aliphatic rings. The molecular formula is C15H11F2NO. The SMILES string of the molecule is Cc1cccc(-c2ccc(C#N)c(OC(F)F)c2)c1. The second-order valence-electron chi connectivity index (χ2n) is 4.07. The molecule has 0 aliphatic heterocycles. The van der Waals surface area contributed by atoms with Gasteiger partial charge in [-0.2, -0.15) is 14.0 Å². The Kier molecular flexibility index (Phi) is 3.76. The van der Waals surface area contributed by atoms with E-state index in [1.807, 2.05) is 37.3 Å². The first kappa shape index (κ1) is 13.0. The summed E-state index contributed by atoms with van der Waals surface area (Å²) < 4.78 is 29.0. The van der Waals surface area contributed by atoms with Crippen LogP contribution in [0.1, 0.15) is 11.1 Å². The van der Waals surface area contributed by atoms with Crippen molar-refractivity contribution in [2.45, 2.75) is 13.5 Å². The summed E-state index contributed by atoms with van der Waals surface area (Å²) in [4.78, 5) is 0. The molecule has 0 fully saturated rings. The Labute approximate surface area is 109 Å². The molecular weight excluding hydrogens is 248 g/mol. The molecule has 0 atom stereocenters. The summed E-state index contributed by atoms with van der Waals surface area (Å²) in [5.74, 6) is -0.100. The molecule has 0 saturated carbocycles. The van der Waals surface area contributed by atoms with E-state index < -0.39 is 6.61 Å². The molecule has 2 aromatic carbocycles. The number of benzene rings is 2. The normalized spacial score (nSPS) is 10.3. The lowest BCUT2D eigenvalue weighted by atomic mass is 10.0. The zero-order valence-corrected chi connectivity index (χ0v) is 10.2. The van der Waals surface area contributed by atoms with Gasteiger partial charge in [-0.1, -0.05) is 35.9 Å². The highest BCUT2D eigenvalue weighted by atomic mass is 19.3. The molecule has 0 radical (unpaired) electrons. The van der Waals surface area contributed by atoms with Gasteiger partial charge in [0.05, 0.1) is 5.56 Å². The number of nitrogens with zero attached hydrogens (tertiary/aromatic N) is 1. The molecule has 0 heterocycles. The van der Waals surface area contributed by atoms with Crippen molar-refractivity contribution in [1.29, 1.82) is 5.26 Å². The molecule has 0 unspecified atom stereocenters. The van der Waals surface area contributed by atoms with Crippen molar-refractivity contribution in [1.82, 2.24) is 0 Å². The predicted octanol–water partition coefficient (Wildman–Crippen LogP) is 4.14. The number of nitriles is 1. The van der Waals surface area contributed by atoms with Crippen molar-refractivity contribution < 1.29 is 13.5 Å². The standard InChI is InChI=1S/C15H11F2NO/c1-10-3-2-4-11(7-10)12-5-6-13(9-18)14(8-12)19-15(16)17/h2-8,15H,1H3. The Bertz CT molecular complexity index is 632. The van der Waals surface area contributed by atoms with Crippen LogP contribution in [0.2, 0.25) is 0 Å². The average molecular weight is 259 g/mol. The Morgan fingerprint density at radius 1 is 1.11 bits per heavy atom. The first-order chi connectivity index (χ1) is 9.10.